The summed E-state index contributed by atoms with van der Waals surface area (Å²) in [5.41, 5.74) is 0. The molecule has 1 heterocycles. The van der Waals surface area contributed by atoms with E-state index in [1.807, 2.05) is 6.08 Å². The van der Waals surface area contributed by atoms with E-state index < -0.39 is 49.5 Å². The molecule has 0 aromatic rings. The monoisotopic (exact) mass is 994 g/mol. The predicted octanol–water partition coefficient (Wildman–Crippen LogP) is 15.6. The second-order valence-corrected chi connectivity index (χ2v) is 21.9. The summed E-state index contributed by atoms with van der Waals surface area (Å²) in [6, 6.07) is -0.801. The topological polar surface area (TPSA) is 149 Å². The number of rotatable bonds is 54. The number of unbranched alkanes of at least 4 members (excludes halogenated alkanes) is 44. The summed E-state index contributed by atoms with van der Waals surface area (Å²) in [5, 5.41) is 54.6. The van der Waals surface area contributed by atoms with Gasteiger partial charge in [0, 0.05) is 6.42 Å². The summed E-state index contributed by atoms with van der Waals surface area (Å²) < 4.78 is 11.3. The largest absolute Gasteiger partial charge is 0.394 e. The van der Waals surface area contributed by atoms with Gasteiger partial charge in [-0.05, 0) is 19.3 Å². The van der Waals surface area contributed by atoms with Crippen LogP contribution in [0.15, 0.2) is 12.2 Å². The molecule has 1 saturated heterocycles. The van der Waals surface area contributed by atoms with Crippen molar-refractivity contribution in [3.05, 3.63) is 12.2 Å². The molecule has 9 heteroatoms. The van der Waals surface area contributed by atoms with Crippen LogP contribution in [-0.4, -0.2) is 87.5 Å². The van der Waals surface area contributed by atoms with Crippen molar-refractivity contribution >= 4 is 5.91 Å². The van der Waals surface area contributed by atoms with Crippen LogP contribution in [0.3, 0.4) is 0 Å². The van der Waals surface area contributed by atoms with E-state index in [4.69, 9.17) is 9.47 Å². The summed E-state index contributed by atoms with van der Waals surface area (Å²) in [7, 11) is 0. The number of hydrogen-bond acceptors (Lipinski definition) is 8. The number of aliphatic hydroxyl groups excluding tert-OH is 5. The van der Waals surface area contributed by atoms with Gasteiger partial charge >= 0.3 is 0 Å². The van der Waals surface area contributed by atoms with Gasteiger partial charge < -0.3 is 40.3 Å². The molecular weight excluding hydrogens is 875 g/mol. The molecule has 1 amide bonds. The van der Waals surface area contributed by atoms with Gasteiger partial charge in [0.1, 0.15) is 24.4 Å². The molecule has 0 aromatic carbocycles. The SMILES string of the molecule is CCCCCCCCCCCCCCCCCCC/C=C/C(O)C(COC1OC(CO)C(O)C(O)C1O)NC(=O)CCCCCCCCCCCCCCCCCCCCCCCCCCCCCC. The first-order valence-electron chi connectivity index (χ1n) is 30.9. The second kappa shape index (κ2) is 51.4. The zero-order valence-corrected chi connectivity index (χ0v) is 46.3. The van der Waals surface area contributed by atoms with Crippen molar-refractivity contribution in [2.45, 2.75) is 358 Å². The Kier molecular flexibility index (Phi) is 49.2. The first-order valence-corrected chi connectivity index (χ1v) is 30.9. The summed E-state index contributed by atoms with van der Waals surface area (Å²) in [4.78, 5) is 13.1. The third-order valence-corrected chi connectivity index (χ3v) is 15.1. The van der Waals surface area contributed by atoms with Crippen molar-refractivity contribution in [3.63, 3.8) is 0 Å². The van der Waals surface area contributed by atoms with Crippen molar-refractivity contribution in [2.75, 3.05) is 13.2 Å². The first-order chi connectivity index (χ1) is 34.3. The quantitative estimate of drug-likeness (QED) is 0.0261. The fourth-order valence-corrected chi connectivity index (χ4v) is 10.2. The Morgan fingerprint density at radius 3 is 1.11 bits per heavy atom. The van der Waals surface area contributed by atoms with Gasteiger partial charge in [-0.15, -0.1) is 0 Å². The summed E-state index contributed by atoms with van der Waals surface area (Å²) in [6.45, 7) is 3.83. The van der Waals surface area contributed by atoms with Crippen LogP contribution in [0.4, 0.5) is 0 Å². The molecule has 7 unspecified atom stereocenters. The highest BCUT2D eigenvalue weighted by Crippen LogP contribution is 2.23. The van der Waals surface area contributed by atoms with Gasteiger partial charge in [-0.2, -0.15) is 0 Å². The molecule has 0 aliphatic carbocycles. The van der Waals surface area contributed by atoms with Gasteiger partial charge in [0.25, 0.3) is 0 Å². The maximum atomic E-state index is 13.1. The number of hydrogen-bond donors (Lipinski definition) is 6. The molecule has 1 aliphatic heterocycles. The highest BCUT2D eigenvalue weighted by molar-refractivity contribution is 5.76. The van der Waals surface area contributed by atoms with Gasteiger partial charge in [0.15, 0.2) is 6.29 Å². The van der Waals surface area contributed by atoms with E-state index in [1.165, 1.54) is 257 Å². The molecule has 1 rings (SSSR count). The molecule has 0 radical (unpaired) electrons. The van der Waals surface area contributed by atoms with Gasteiger partial charge in [0.05, 0.1) is 25.4 Å². The van der Waals surface area contributed by atoms with Crippen LogP contribution < -0.4 is 5.32 Å². The zero-order chi connectivity index (χ0) is 50.8. The van der Waals surface area contributed by atoms with E-state index in [0.717, 1.165) is 38.5 Å². The van der Waals surface area contributed by atoms with Crippen LogP contribution in [0.5, 0.6) is 0 Å². The fourth-order valence-electron chi connectivity index (χ4n) is 10.2. The molecule has 9 nitrogen and oxygen atoms in total. The van der Waals surface area contributed by atoms with Crippen LogP contribution in [0.2, 0.25) is 0 Å². The predicted molar refractivity (Wildman–Crippen MR) is 295 cm³/mol. The van der Waals surface area contributed by atoms with Crippen LogP contribution in [0, 0.1) is 0 Å². The Morgan fingerprint density at radius 1 is 0.471 bits per heavy atom. The molecule has 0 bridgehead atoms. The third kappa shape index (κ3) is 40.3. The molecule has 70 heavy (non-hydrogen) atoms. The van der Waals surface area contributed by atoms with Gasteiger partial charge in [-0.3, -0.25) is 4.79 Å². The Morgan fingerprint density at radius 2 is 0.786 bits per heavy atom. The number of nitrogens with one attached hydrogen (secondary N) is 1. The Labute approximate surface area is 433 Å². The fraction of sp³-hybridized carbons (Fsp3) is 0.951. The van der Waals surface area contributed by atoms with Gasteiger partial charge in [-0.1, -0.05) is 302 Å². The number of ether oxygens (including phenoxy) is 2. The summed E-state index contributed by atoms with van der Waals surface area (Å²) in [6.07, 6.45) is 57.2. The van der Waals surface area contributed by atoms with Crippen LogP contribution in [0.25, 0.3) is 0 Å². The summed E-state index contributed by atoms with van der Waals surface area (Å²) >= 11 is 0. The van der Waals surface area contributed by atoms with Crippen LogP contribution in [0.1, 0.15) is 316 Å². The van der Waals surface area contributed by atoms with Crippen molar-refractivity contribution in [3.8, 4) is 0 Å². The minimum absolute atomic E-state index is 0.169. The van der Waals surface area contributed by atoms with E-state index in [9.17, 15) is 30.3 Å². The molecule has 1 fully saturated rings. The molecular formula is C61H119NO8. The average molecular weight is 995 g/mol. The van der Waals surface area contributed by atoms with Gasteiger partial charge in [0.2, 0.25) is 5.91 Å². The summed E-state index contributed by atoms with van der Waals surface area (Å²) in [5.74, 6) is -0.169. The lowest BCUT2D eigenvalue weighted by atomic mass is 9.99. The lowest BCUT2D eigenvalue weighted by Gasteiger charge is -2.40. The third-order valence-electron chi connectivity index (χ3n) is 15.1. The maximum absolute atomic E-state index is 13.1. The number of aliphatic hydroxyl groups is 5. The van der Waals surface area contributed by atoms with Crippen LogP contribution in [-0.2, 0) is 14.3 Å². The highest BCUT2D eigenvalue weighted by atomic mass is 16.7. The lowest BCUT2D eigenvalue weighted by Crippen LogP contribution is -2.60. The van der Waals surface area contributed by atoms with E-state index in [2.05, 4.69) is 19.2 Å². The smallest absolute Gasteiger partial charge is 0.220 e. The minimum Gasteiger partial charge on any atom is -0.394 e. The van der Waals surface area contributed by atoms with Crippen molar-refractivity contribution in [1.82, 2.24) is 5.32 Å². The van der Waals surface area contributed by atoms with Crippen LogP contribution >= 0.6 is 0 Å². The lowest BCUT2D eigenvalue weighted by molar-refractivity contribution is -0.302. The van der Waals surface area contributed by atoms with Gasteiger partial charge in [-0.25, -0.2) is 0 Å². The first kappa shape index (κ1) is 66.9. The average Bonchev–Trinajstić information content (AvgIpc) is 3.36. The zero-order valence-electron chi connectivity index (χ0n) is 46.3. The van der Waals surface area contributed by atoms with Crippen molar-refractivity contribution < 1.29 is 39.8 Å². The minimum atomic E-state index is -1.56. The normalized spacial score (nSPS) is 19.3. The number of amides is 1. The highest BCUT2D eigenvalue weighted by Gasteiger charge is 2.44. The molecule has 0 saturated carbocycles. The van der Waals surface area contributed by atoms with Crippen molar-refractivity contribution in [1.29, 1.82) is 0 Å². The van der Waals surface area contributed by atoms with E-state index >= 15 is 0 Å². The Bertz CT molecular complexity index is 1110. The molecule has 416 valence electrons. The van der Waals surface area contributed by atoms with Crippen molar-refractivity contribution in [2.24, 2.45) is 0 Å². The maximum Gasteiger partial charge on any atom is 0.220 e. The van der Waals surface area contributed by atoms with E-state index in [-0.39, 0.29) is 12.5 Å². The molecule has 0 aromatic heterocycles. The molecule has 6 N–H and O–H groups in total. The second-order valence-electron chi connectivity index (χ2n) is 21.9. The number of carbonyl (C=O) groups is 1. The standard InChI is InChI=1S/C61H119NO8/c1-3-5-7-9-11-13-15-17-19-21-23-24-25-26-27-28-29-30-31-33-35-37-39-41-43-45-47-49-51-57(65)62-54(53-69-61-60(68)59(67)58(66)56(52-63)70-61)55(64)50-48-46-44-42-40-38-36-34-32-22-20-18-16-14-12-10-8-6-4-2/h48,50,54-56,58-61,63-64,66-68H,3-47,49,51-53H2,1-2H3,(H,62,65)/b50-48+. The molecule has 7 atom stereocenters. The molecule has 1 aliphatic rings. The Balaban J connectivity index is 2.16. The number of carbonyl (C=O) groups excluding carboxylic acids is 1. The van der Waals surface area contributed by atoms with E-state index in [0.29, 0.717) is 6.42 Å². The molecule has 0 spiro atoms. The number of allylic oxidation sites excluding steroid dienone is 1. The van der Waals surface area contributed by atoms with E-state index in [1.54, 1.807) is 6.08 Å². The Hall–Kier alpha value is -1.07.